The van der Waals surface area contributed by atoms with Crippen LogP contribution in [0.5, 0.6) is 5.75 Å². The Labute approximate surface area is 147 Å². The van der Waals surface area contributed by atoms with Crippen molar-refractivity contribution in [2.45, 2.75) is 33.1 Å². The smallest absolute Gasteiger partial charge is 0.271 e. The maximum atomic E-state index is 12.1. The first-order valence-electron chi connectivity index (χ1n) is 7.95. The van der Waals surface area contributed by atoms with Crippen LogP contribution in [0.25, 0.3) is 0 Å². The number of benzene rings is 2. The molecule has 25 heavy (non-hydrogen) atoms. The highest BCUT2D eigenvalue weighted by Crippen LogP contribution is 2.32. The molecule has 132 valence electrons. The predicted molar refractivity (Wildman–Crippen MR) is 97.1 cm³/mol. The van der Waals surface area contributed by atoms with Crippen molar-refractivity contribution in [3.05, 3.63) is 63.7 Å². The van der Waals surface area contributed by atoms with E-state index in [4.69, 9.17) is 4.74 Å². The van der Waals surface area contributed by atoms with Gasteiger partial charge in [0.25, 0.3) is 11.6 Å². The van der Waals surface area contributed by atoms with Gasteiger partial charge >= 0.3 is 0 Å². The van der Waals surface area contributed by atoms with E-state index in [1.807, 2.05) is 25.1 Å². The van der Waals surface area contributed by atoms with Gasteiger partial charge in [-0.1, -0.05) is 39.0 Å². The van der Waals surface area contributed by atoms with Crippen molar-refractivity contribution < 1.29 is 14.5 Å². The van der Waals surface area contributed by atoms with Crippen molar-refractivity contribution in [3.8, 4) is 5.75 Å². The molecule has 0 aromatic heterocycles. The molecule has 0 fully saturated rings. The standard InChI is InChI=1S/C19H22N2O4/c1-13-8-9-16(19(2,3)4)17(10-13)25-12-18(22)20-14-6-5-7-15(11-14)21(23)24/h5-11H,12H2,1-4H3,(H,20,22). The number of nitro benzene ring substituents is 1. The highest BCUT2D eigenvalue weighted by Gasteiger charge is 2.19. The first kappa shape index (κ1) is 18.4. The number of hydrogen-bond donors (Lipinski definition) is 1. The minimum atomic E-state index is -0.505. The van der Waals surface area contributed by atoms with Crippen LogP contribution >= 0.6 is 0 Å². The number of ether oxygens (including phenoxy) is 1. The molecule has 0 aliphatic carbocycles. The van der Waals surface area contributed by atoms with Gasteiger partial charge in [-0.05, 0) is 35.6 Å². The van der Waals surface area contributed by atoms with Crippen LogP contribution in [0.15, 0.2) is 42.5 Å². The molecule has 0 aliphatic rings. The van der Waals surface area contributed by atoms with Gasteiger partial charge in [0.05, 0.1) is 4.92 Å². The minimum absolute atomic E-state index is 0.0765. The van der Waals surface area contributed by atoms with Crippen molar-refractivity contribution >= 4 is 17.3 Å². The zero-order valence-electron chi connectivity index (χ0n) is 14.8. The molecule has 0 saturated carbocycles. The topological polar surface area (TPSA) is 81.5 Å². The van der Waals surface area contributed by atoms with Crippen LogP contribution in [0.4, 0.5) is 11.4 Å². The molecule has 0 atom stereocenters. The summed E-state index contributed by atoms with van der Waals surface area (Å²) < 4.78 is 5.71. The molecule has 0 heterocycles. The number of carbonyl (C=O) groups is 1. The van der Waals surface area contributed by atoms with Gasteiger partial charge in [0.1, 0.15) is 5.75 Å². The van der Waals surface area contributed by atoms with E-state index < -0.39 is 4.92 Å². The molecule has 1 N–H and O–H groups in total. The average molecular weight is 342 g/mol. The Balaban J connectivity index is 2.07. The number of rotatable bonds is 5. The zero-order valence-corrected chi connectivity index (χ0v) is 14.8. The van der Waals surface area contributed by atoms with E-state index >= 15 is 0 Å². The molecule has 0 unspecified atom stereocenters. The molecule has 1 amide bonds. The fourth-order valence-electron chi connectivity index (χ4n) is 2.41. The molecule has 0 saturated heterocycles. The summed E-state index contributed by atoms with van der Waals surface area (Å²) in [5.41, 5.74) is 2.23. The van der Waals surface area contributed by atoms with Crippen LogP contribution in [-0.2, 0) is 10.2 Å². The van der Waals surface area contributed by atoms with Crippen LogP contribution < -0.4 is 10.1 Å². The molecule has 0 radical (unpaired) electrons. The van der Waals surface area contributed by atoms with Gasteiger partial charge in [-0.2, -0.15) is 0 Å². The number of hydrogen-bond acceptors (Lipinski definition) is 4. The lowest BCUT2D eigenvalue weighted by Crippen LogP contribution is -2.22. The van der Waals surface area contributed by atoms with Gasteiger partial charge < -0.3 is 10.1 Å². The van der Waals surface area contributed by atoms with Crippen LogP contribution in [-0.4, -0.2) is 17.4 Å². The Bertz CT molecular complexity index is 794. The fraction of sp³-hybridized carbons (Fsp3) is 0.316. The van der Waals surface area contributed by atoms with Gasteiger partial charge in [-0.3, -0.25) is 14.9 Å². The highest BCUT2D eigenvalue weighted by atomic mass is 16.6. The number of non-ortho nitro benzene ring substituents is 1. The highest BCUT2D eigenvalue weighted by molar-refractivity contribution is 5.92. The number of nitrogens with one attached hydrogen (secondary N) is 1. The van der Waals surface area contributed by atoms with Gasteiger partial charge in [-0.15, -0.1) is 0 Å². The molecule has 0 bridgehead atoms. The molecule has 2 aromatic carbocycles. The number of aryl methyl sites for hydroxylation is 1. The van der Waals surface area contributed by atoms with Gasteiger partial charge in [-0.25, -0.2) is 0 Å². The second-order valence-corrected chi connectivity index (χ2v) is 6.89. The van der Waals surface area contributed by atoms with E-state index in [9.17, 15) is 14.9 Å². The van der Waals surface area contributed by atoms with E-state index in [2.05, 4.69) is 26.1 Å². The third-order valence-electron chi connectivity index (χ3n) is 3.64. The van der Waals surface area contributed by atoms with Gasteiger partial charge in [0, 0.05) is 17.8 Å². The van der Waals surface area contributed by atoms with Crippen molar-refractivity contribution in [1.29, 1.82) is 0 Å². The third-order valence-corrected chi connectivity index (χ3v) is 3.64. The SMILES string of the molecule is Cc1ccc(C(C)(C)C)c(OCC(=O)Nc2cccc([N+](=O)[O-])c2)c1. The Kier molecular flexibility index (Phi) is 5.41. The van der Waals surface area contributed by atoms with Crippen molar-refractivity contribution in [3.63, 3.8) is 0 Å². The van der Waals surface area contributed by atoms with E-state index in [0.717, 1.165) is 11.1 Å². The first-order chi connectivity index (χ1) is 11.7. The largest absolute Gasteiger partial charge is 0.483 e. The lowest BCUT2D eigenvalue weighted by molar-refractivity contribution is -0.384. The Morgan fingerprint density at radius 3 is 2.56 bits per heavy atom. The maximum absolute atomic E-state index is 12.1. The van der Waals surface area contributed by atoms with Crippen LogP contribution in [0.3, 0.4) is 0 Å². The first-order valence-corrected chi connectivity index (χ1v) is 7.95. The van der Waals surface area contributed by atoms with E-state index in [1.54, 1.807) is 6.07 Å². The summed E-state index contributed by atoms with van der Waals surface area (Å²) in [6.45, 7) is 8.02. The number of carbonyl (C=O) groups excluding carboxylic acids is 1. The maximum Gasteiger partial charge on any atom is 0.271 e. The molecular formula is C19H22N2O4. The third kappa shape index (κ3) is 5.04. The predicted octanol–water partition coefficient (Wildman–Crippen LogP) is 4.22. The van der Waals surface area contributed by atoms with E-state index in [-0.39, 0.29) is 23.6 Å². The summed E-state index contributed by atoms with van der Waals surface area (Å²) in [7, 11) is 0. The Morgan fingerprint density at radius 2 is 1.92 bits per heavy atom. The molecular weight excluding hydrogens is 320 g/mol. The second kappa shape index (κ2) is 7.34. The number of amides is 1. The van der Waals surface area contributed by atoms with E-state index in [0.29, 0.717) is 11.4 Å². The summed E-state index contributed by atoms with van der Waals surface area (Å²) >= 11 is 0. The van der Waals surface area contributed by atoms with Crippen molar-refractivity contribution in [1.82, 2.24) is 0 Å². The van der Waals surface area contributed by atoms with Crippen LogP contribution in [0.2, 0.25) is 0 Å². The average Bonchev–Trinajstić information content (AvgIpc) is 2.52. The number of nitro groups is 1. The molecule has 6 nitrogen and oxygen atoms in total. The quantitative estimate of drug-likeness (QED) is 0.651. The van der Waals surface area contributed by atoms with Gasteiger partial charge in [0.15, 0.2) is 6.61 Å². The summed E-state index contributed by atoms with van der Waals surface area (Å²) in [6, 6.07) is 11.7. The van der Waals surface area contributed by atoms with Gasteiger partial charge in [0.2, 0.25) is 0 Å². The monoisotopic (exact) mass is 342 g/mol. The zero-order chi connectivity index (χ0) is 18.6. The van der Waals surface area contributed by atoms with Crippen LogP contribution in [0, 0.1) is 17.0 Å². The summed E-state index contributed by atoms with van der Waals surface area (Å²) in [6.07, 6.45) is 0. The second-order valence-electron chi connectivity index (χ2n) is 6.89. The Hall–Kier alpha value is -2.89. The van der Waals surface area contributed by atoms with Crippen LogP contribution in [0.1, 0.15) is 31.9 Å². The van der Waals surface area contributed by atoms with Crippen molar-refractivity contribution in [2.24, 2.45) is 0 Å². The summed E-state index contributed by atoms with van der Waals surface area (Å²) in [5.74, 6) is 0.295. The van der Waals surface area contributed by atoms with E-state index in [1.165, 1.54) is 18.2 Å². The molecule has 0 aliphatic heterocycles. The lowest BCUT2D eigenvalue weighted by atomic mass is 9.86. The minimum Gasteiger partial charge on any atom is -0.483 e. The molecule has 2 aromatic rings. The van der Waals surface area contributed by atoms with Crippen molar-refractivity contribution in [2.75, 3.05) is 11.9 Å². The number of nitrogens with zero attached hydrogens (tertiary/aromatic N) is 1. The molecule has 6 heteroatoms. The normalized spacial score (nSPS) is 11.0. The summed E-state index contributed by atoms with van der Waals surface area (Å²) in [4.78, 5) is 22.4. The Morgan fingerprint density at radius 1 is 1.20 bits per heavy atom. The fourth-order valence-corrected chi connectivity index (χ4v) is 2.41. The molecule has 0 spiro atoms. The number of anilines is 1. The molecule has 2 rings (SSSR count). The summed E-state index contributed by atoms with van der Waals surface area (Å²) in [5, 5.41) is 13.4. The lowest BCUT2D eigenvalue weighted by Gasteiger charge is -2.23.